The molecule has 0 saturated heterocycles. The molecule has 0 saturated carbocycles. The SMILES string of the molecule is c1ccc(-c2cccc3c2oc2c(-c4cc(-c5ccc(-c6cccnc6)cc5)ccc4-c4ccc(-c5cccnc5)cc4)cccc23)cc1. The van der Waals surface area contributed by atoms with Crippen LogP contribution in [0, 0.1) is 0 Å². The Bertz CT molecular complexity index is 2560. The van der Waals surface area contributed by atoms with E-state index in [1.165, 1.54) is 0 Å². The summed E-state index contributed by atoms with van der Waals surface area (Å²) in [5.74, 6) is 0. The number of hydrogen-bond acceptors (Lipinski definition) is 3. The molecule has 0 spiro atoms. The molecule has 3 heteroatoms. The molecular formula is C46H30N2O. The average Bonchev–Trinajstić information content (AvgIpc) is 3.58. The number of para-hydroxylation sites is 2. The van der Waals surface area contributed by atoms with Gasteiger partial charge in [0.15, 0.2) is 0 Å². The highest BCUT2D eigenvalue weighted by Gasteiger charge is 2.18. The lowest BCUT2D eigenvalue weighted by Crippen LogP contribution is -1.89. The fraction of sp³-hybridized carbons (Fsp3) is 0. The van der Waals surface area contributed by atoms with Crippen molar-refractivity contribution in [3.8, 4) is 66.8 Å². The molecule has 0 bridgehead atoms. The van der Waals surface area contributed by atoms with Gasteiger partial charge in [-0.15, -0.1) is 0 Å². The smallest absolute Gasteiger partial charge is 0.143 e. The molecule has 230 valence electrons. The van der Waals surface area contributed by atoms with Gasteiger partial charge in [-0.2, -0.15) is 0 Å². The molecule has 3 heterocycles. The van der Waals surface area contributed by atoms with E-state index in [1.54, 1.807) is 12.4 Å². The summed E-state index contributed by atoms with van der Waals surface area (Å²) in [5.41, 5.74) is 15.3. The van der Waals surface area contributed by atoms with Gasteiger partial charge in [0.25, 0.3) is 0 Å². The fourth-order valence-corrected chi connectivity index (χ4v) is 6.84. The summed E-state index contributed by atoms with van der Waals surface area (Å²) in [6.45, 7) is 0. The second-order valence-corrected chi connectivity index (χ2v) is 12.2. The molecule has 0 aliphatic carbocycles. The summed E-state index contributed by atoms with van der Waals surface area (Å²) < 4.78 is 6.89. The van der Waals surface area contributed by atoms with Crippen molar-refractivity contribution in [2.45, 2.75) is 0 Å². The summed E-state index contributed by atoms with van der Waals surface area (Å²) in [6.07, 6.45) is 7.41. The normalized spacial score (nSPS) is 11.3. The average molecular weight is 627 g/mol. The highest BCUT2D eigenvalue weighted by Crippen LogP contribution is 2.43. The number of hydrogen-bond donors (Lipinski definition) is 0. The number of nitrogens with zero attached hydrogens (tertiary/aromatic N) is 2. The van der Waals surface area contributed by atoms with E-state index in [2.05, 4.69) is 149 Å². The molecule has 0 unspecified atom stereocenters. The maximum atomic E-state index is 6.89. The Hall–Kier alpha value is -6.58. The van der Waals surface area contributed by atoms with Gasteiger partial charge in [-0.05, 0) is 73.8 Å². The lowest BCUT2D eigenvalue weighted by Gasteiger charge is -2.14. The molecule has 9 aromatic rings. The predicted octanol–water partition coefficient (Wildman–Crippen LogP) is 12.4. The first-order valence-electron chi connectivity index (χ1n) is 16.5. The van der Waals surface area contributed by atoms with E-state index in [4.69, 9.17) is 4.42 Å². The molecule has 0 N–H and O–H groups in total. The van der Waals surface area contributed by atoms with Gasteiger partial charge in [0, 0.05) is 46.7 Å². The molecule has 0 aliphatic heterocycles. The zero-order chi connectivity index (χ0) is 32.6. The molecule has 3 nitrogen and oxygen atoms in total. The van der Waals surface area contributed by atoms with Crippen molar-refractivity contribution in [1.29, 1.82) is 0 Å². The van der Waals surface area contributed by atoms with Gasteiger partial charge in [0.2, 0.25) is 0 Å². The van der Waals surface area contributed by atoms with Crippen LogP contribution in [0.1, 0.15) is 0 Å². The number of fused-ring (bicyclic) bond motifs is 3. The maximum Gasteiger partial charge on any atom is 0.143 e. The van der Waals surface area contributed by atoms with Crippen LogP contribution in [0.3, 0.4) is 0 Å². The van der Waals surface area contributed by atoms with Crippen molar-refractivity contribution in [1.82, 2.24) is 9.97 Å². The molecule has 0 fully saturated rings. The molecule has 0 aliphatic rings. The predicted molar refractivity (Wildman–Crippen MR) is 202 cm³/mol. The van der Waals surface area contributed by atoms with Gasteiger partial charge >= 0.3 is 0 Å². The van der Waals surface area contributed by atoms with E-state index < -0.39 is 0 Å². The first-order valence-corrected chi connectivity index (χ1v) is 16.5. The third-order valence-corrected chi connectivity index (χ3v) is 9.32. The monoisotopic (exact) mass is 626 g/mol. The standard InChI is InChI=1S/C46H30N2O/c1-2-8-34(9-3-1)40-12-4-13-41-42-14-5-15-43(46(42)49-45(40)41)44-28-36(31-16-18-32(19-17-31)37-10-6-26-47-29-37)24-25-39(44)35-22-20-33(21-23-35)38-11-7-27-48-30-38/h1-30H. The van der Waals surface area contributed by atoms with Crippen LogP contribution in [0.2, 0.25) is 0 Å². The highest BCUT2D eigenvalue weighted by molar-refractivity contribution is 6.14. The zero-order valence-electron chi connectivity index (χ0n) is 26.6. The van der Waals surface area contributed by atoms with Crippen LogP contribution < -0.4 is 0 Å². The van der Waals surface area contributed by atoms with Crippen molar-refractivity contribution >= 4 is 21.9 Å². The third-order valence-electron chi connectivity index (χ3n) is 9.32. The van der Waals surface area contributed by atoms with Gasteiger partial charge in [-0.1, -0.05) is 140 Å². The van der Waals surface area contributed by atoms with Gasteiger partial charge in [-0.25, -0.2) is 0 Å². The van der Waals surface area contributed by atoms with E-state index in [9.17, 15) is 0 Å². The topological polar surface area (TPSA) is 38.9 Å². The van der Waals surface area contributed by atoms with Gasteiger partial charge < -0.3 is 4.42 Å². The molecule has 6 aromatic carbocycles. The Morgan fingerprint density at radius 3 is 1.39 bits per heavy atom. The number of benzene rings is 6. The molecule has 9 rings (SSSR count). The second kappa shape index (κ2) is 12.2. The number of aromatic nitrogens is 2. The quantitative estimate of drug-likeness (QED) is 0.184. The number of rotatable bonds is 6. The van der Waals surface area contributed by atoms with Gasteiger partial charge in [0.1, 0.15) is 11.2 Å². The molecule has 3 aromatic heterocycles. The lowest BCUT2D eigenvalue weighted by molar-refractivity contribution is 0.671. The number of furan rings is 1. The minimum atomic E-state index is 0.887. The van der Waals surface area contributed by atoms with E-state index in [0.29, 0.717) is 0 Å². The third kappa shape index (κ3) is 5.28. The first kappa shape index (κ1) is 28.6. The summed E-state index contributed by atoms with van der Waals surface area (Å²) in [7, 11) is 0. The molecule has 0 atom stereocenters. The van der Waals surface area contributed by atoms with Crippen molar-refractivity contribution < 1.29 is 4.42 Å². The highest BCUT2D eigenvalue weighted by atomic mass is 16.3. The van der Waals surface area contributed by atoms with Crippen LogP contribution in [-0.2, 0) is 0 Å². The first-order chi connectivity index (χ1) is 24.3. The summed E-state index contributed by atoms with van der Waals surface area (Å²) in [5, 5.41) is 2.22. The Kier molecular flexibility index (Phi) is 7.14. The summed E-state index contributed by atoms with van der Waals surface area (Å²) in [4.78, 5) is 8.61. The molecule has 0 amide bonds. The van der Waals surface area contributed by atoms with E-state index >= 15 is 0 Å². The largest absolute Gasteiger partial charge is 0.455 e. The van der Waals surface area contributed by atoms with Crippen molar-refractivity contribution in [2.75, 3.05) is 0 Å². The fourth-order valence-electron chi connectivity index (χ4n) is 6.84. The Morgan fingerprint density at radius 2 is 0.796 bits per heavy atom. The van der Waals surface area contributed by atoms with Crippen molar-refractivity contribution in [3.05, 3.63) is 183 Å². The van der Waals surface area contributed by atoms with Crippen LogP contribution in [0.4, 0.5) is 0 Å². The molecule has 49 heavy (non-hydrogen) atoms. The van der Waals surface area contributed by atoms with Crippen LogP contribution >= 0.6 is 0 Å². The maximum absolute atomic E-state index is 6.89. The van der Waals surface area contributed by atoms with Gasteiger partial charge in [0.05, 0.1) is 0 Å². The van der Waals surface area contributed by atoms with E-state index in [0.717, 1.165) is 88.7 Å². The van der Waals surface area contributed by atoms with Gasteiger partial charge in [-0.3, -0.25) is 9.97 Å². The van der Waals surface area contributed by atoms with Crippen molar-refractivity contribution in [3.63, 3.8) is 0 Å². The minimum Gasteiger partial charge on any atom is -0.455 e. The zero-order valence-corrected chi connectivity index (χ0v) is 26.6. The van der Waals surface area contributed by atoms with E-state index in [1.807, 2.05) is 30.6 Å². The van der Waals surface area contributed by atoms with Crippen LogP contribution in [0.15, 0.2) is 187 Å². The Balaban J connectivity index is 1.22. The van der Waals surface area contributed by atoms with Crippen molar-refractivity contribution in [2.24, 2.45) is 0 Å². The molecular weight excluding hydrogens is 597 g/mol. The second-order valence-electron chi connectivity index (χ2n) is 12.2. The molecule has 0 radical (unpaired) electrons. The van der Waals surface area contributed by atoms with E-state index in [-0.39, 0.29) is 0 Å². The number of pyridine rings is 2. The van der Waals surface area contributed by atoms with Crippen LogP contribution in [0.5, 0.6) is 0 Å². The minimum absolute atomic E-state index is 0.887. The summed E-state index contributed by atoms with van der Waals surface area (Å²) >= 11 is 0. The Morgan fingerprint density at radius 1 is 0.306 bits per heavy atom. The van der Waals surface area contributed by atoms with Crippen LogP contribution in [0.25, 0.3) is 88.7 Å². The van der Waals surface area contributed by atoms with Crippen LogP contribution in [-0.4, -0.2) is 9.97 Å². The summed E-state index contributed by atoms with van der Waals surface area (Å²) in [6, 6.07) is 55.8. The Labute approximate surface area is 284 Å². The lowest BCUT2D eigenvalue weighted by atomic mass is 9.89.